The summed E-state index contributed by atoms with van der Waals surface area (Å²) in [5, 5.41) is 0. The van der Waals surface area contributed by atoms with Gasteiger partial charge in [0.25, 0.3) is 0 Å². The quantitative estimate of drug-likeness (QED) is 0.493. The van der Waals surface area contributed by atoms with E-state index in [1.807, 2.05) is 0 Å². The van der Waals surface area contributed by atoms with Gasteiger partial charge in [0.05, 0.1) is 0 Å². The van der Waals surface area contributed by atoms with Crippen molar-refractivity contribution in [2.45, 2.75) is 50.9 Å². The fourth-order valence-electron chi connectivity index (χ4n) is 1.79. The summed E-state index contributed by atoms with van der Waals surface area (Å²) in [4.78, 5) is 0. The first-order valence-electron chi connectivity index (χ1n) is 4.11. The van der Waals surface area contributed by atoms with E-state index in [0.717, 1.165) is 5.54 Å². The average Bonchev–Trinajstić information content (AvgIpc) is 2.08. The summed E-state index contributed by atoms with van der Waals surface area (Å²) in [5.41, 5.74) is 1.15. The van der Waals surface area contributed by atoms with Crippen molar-refractivity contribution in [3.8, 4) is 0 Å². The maximum absolute atomic E-state index is 2.50. The second-order valence-electron chi connectivity index (χ2n) is 4.35. The highest BCUT2D eigenvalue weighted by atomic mass is 28.3. The molecule has 1 saturated carbocycles. The first kappa shape index (κ1) is 7.33. The second-order valence-corrected chi connectivity index (χ2v) is 9.90. The van der Waals surface area contributed by atoms with Gasteiger partial charge in [-0.25, -0.2) is 0 Å². The van der Waals surface area contributed by atoms with Crippen LogP contribution in [0.5, 0.6) is 0 Å². The molecule has 0 amide bonds. The van der Waals surface area contributed by atoms with Crippen molar-refractivity contribution in [3.63, 3.8) is 0 Å². The normalized spacial score (nSPS) is 23.0. The van der Waals surface area contributed by atoms with Crippen LogP contribution in [0.25, 0.3) is 0 Å². The summed E-state index contributed by atoms with van der Waals surface area (Å²) in [6.07, 6.45) is 6.09. The highest BCUT2D eigenvalue weighted by Crippen LogP contribution is 2.37. The zero-order valence-electron chi connectivity index (χ0n) is 6.91. The van der Waals surface area contributed by atoms with Crippen LogP contribution in [0.1, 0.15) is 25.7 Å². The first-order chi connectivity index (χ1) is 4.11. The molecular formula is C8H18Si. The molecule has 1 aliphatic rings. The number of hydrogen-bond acceptors (Lipinski definition) is 0. The van der Waals surface area contributed by atoms with Gasteiger partial charge in [0.2, 0.25) is 0 Å². The van der Waals surface area contributed by atoms with Gasteiger partial charge in [0, 0.05) is 8.07 Å². The summed E-state index contributed by atoms with van der Waals surface area (Å²) in [5.74, 6) is 0. The van der Waals surface area contributed by atoms with E-state index in [0.29, 0.717) is 0 Å². The Morgan fingerprint density at radius 1 is 1.00 bits per heavy atom. The minimum Gasteiger partial charge on any atom is -0.0693 e. The fourth-order valence-corrected chi connectivity index (χ4v) is 3.93. The Hall–Kier alpha value is 0.217. The minimum absolute atomic E-state index is 0.724. The highest BCUT2D eigenvalue weighted by molar-refractivity contribution is 6.77. The van der Waals surface area contributed by atoms with Crippen LogP contribution in [0, 0.1) is 0 Å². The van der Waals surface area contributed by atoms with Crippen LogP contribution in [0.4, 0.5) is 0 Å². The van der Waals surface area contributed by atoms with Gasteiger partial charge in [0.1, 0.15) is 0 Å². The van der Waals surface area contributed by atoms with Gasteiger partial charge in [-0.2, -0.15) is 0 Å². The van der Waals surface area contributed by atoms with E-state index in [9.17, 15) is 0 Å². The van der Waals surface area contributed by atoms with Crippen molar-refractivity contribution in [3.05, 3.63) is 0 Å². The lowest BCUT2D eigenvalue weighted by atomic mass is 10.4. The highest BCUT2D eigenvalue weighted by Gasteiger charge is 2.28. The van der Waals surface area contributed by atoms with Crippen LogP contribution in [0.3, 0.4) is 0 Å². The van der Waals surface area contributed by atoms with E-state index >= 15 is 0 Å². The van der Waals surface area contributed by atoms with Gasteiger partial charge in [-0.05, 0) is 5.54 Å². The van der Waals surface area contributed by atoms with Crippen LogP contribution >= 0.6 is 0 Å². The predicted molar refractivity (Wildman–Crippen MR) is 45.6 cm³/mol. The second kappa shape index (κ2) is 2.45. The SMILES string of the molecule is C[Si](C)(C)C1CCCC1. The molecule has 0 saturated heterocycles. The molecular weight excluding hydrogens is 124 g/mol. The van der Waals surface area contributed by atoms with Crippen molar-refractivity contribution in [2.24, 2.45) is 0 Å². The summed E-state index contributed by atoms with van der Waals surface area (Å²) in [6.45, 7) is 7.51. The molecule has 1 heteroatoms. The van der Waals surface area contributed by atoms with Gasteiger partial charge in [-0.15, -0.1) is 0 Å². The Morgan fingerprint density at radius 3 is 1.67 bits per heavy atom. The third-order valence-electron chi connectivity index (χ3n) is 2.58. The monoisotopic (exact) mass is 142 g/mol. The average molecular weight is 142 g/mol. The van der Waals surface area contributed by atoms with Gasteiger partial charge >= 0.3 is 0 Å². The maximum Gasteiger partial charge on any atom is 0.0473 e. The Kier molecular flexibility index (Phi) is 1.99. The molecule has 54 valence electrons. The van der Waals surface area contributed by atoms with Crippen LogP contribution in [0.2, 0.25) is 25.2 Å². The Balaban J connectivity index is 2.42. The zero-order valence-corrected chi connectivity index (χ0v) is 7.91. The molecule has 0 aromatic carbocycles. The molecule has 0 unspecified atom stereocenters. The van der Waals surface area contributed by atoms with E-state index in [1.165, 1.54) is 25.7 Å². The summed E-state index contributed by atoms with van der Waals surface area (Å²) >= 11 is 0. The molecule has 1 aliphatic carbocycles. The topological polar surface area (TPSA) is 0 Å². The molecule has 1 rings (SSSR count). The Bertz CT molecular complexity index is 85.2. The van der Waals surface area contributed by atoms with Crippen LogP contribution in [-0.4, -0.2) is 8.07 Å². The van der Waals surface area contributed by atoms with Crippen molar-refractivity contribution in [1.82, 2.24) is 0 Å². The molecule has 0 nitrogen and oxygen atoms in total. The Morgan fingerprint density at radius 2 is 1.44 bits per heavy atom. The summed E-state index contributed by atoms with van der Waals surface area (Å²) < 4.78 is 0. The van der Waals surface area contributed by atoms with Crippen LogP contribution < -0.4 is 0 Å². The van der Waals surface area contributed by atoms with E-state index in [2.05, 4.69) is 19.6 Å². The largest absolute Gasteiger partial charge is 0.0693 e. The molecule has 9 heavy (non-hydrogen) atoms. The van der Waals surface area contributed by atoms with Gasteiger partial charge in [-0.3, -0.25) is 0 Å². The van der Waals surface area contributed by atoms with E-state index in [4.69, 9.17) is 0 Å². The third-order valence-corrected chi connectivity index (χ3v) is 5.61. The lowest BCUT2D eigenvalue weighted by molar-refractivity contribution is 0.839. The zero-order chi connectivity index (χ0) is 6.91. The Labute approximate surface area is 59.7 Å². The molecule has 0 heterocycles. The third kappa shape index (κ3) is 1.82. The molecule has 1 fully saturated rings. The predicted octanol–water partition coefficient (Wildman–Crippen LogP) is 3.27. The fraction of sp³-hybridized carbons (Fsp3) is 1.00. The van der Waals surface area contributed by atoms with Gasteiger partial charge < -0.3 is 0 Å². The lowest BCUT2D eigenvalue weighted by Crippen LogP contribution is -2.25. The van der Waals surface area contributed by atoms with Crippen molar-refractivity contribution >= 4 is 8.07 Å². The molecule has 0 radical (unpaired) electrons. The van der Waals surface area contributed by atoms with Crippen molar-refractivity contribution < 1.29 is 0 Å². The molecule has 0 atom stereocenters. The molecule has 0 aliphatic heterocycles. The van der Waals surface area contributed by atoms with Gasteiger partial charge in [-0.1, -0.05) is 45.3 Å². The van der Waals surface area contributed by atoms with E-state index in [-0.39, 0.29) is 0 Å². The van der Waals surface area contributed by atoms with E-state index < -0.39 is 8.07 Å². The summed E-state index contributed by atoms with van der Waals surface area (Å²) in [7, 11) is -0.724. The van der Waals surface area contributed by atoms with Gasteiger partial charge in [0.15, 0.2) is 0 Å². The molecule has 0 aromatic heterocycles. The van der Waals surface area contributed by atoms with E-state index in [1.54, 1.807) is 0 Å². The molecule has 0 aromatic rings. The summed E-state index contributed by atoms with van der Waals surface area (Å²) in [6, 6.07) is 0. The number of rotatable bonds is 1. The molecule has 0 N–H and O–H groups in total. The van der Waals surface area contributed by atoms with Crippen LogP contribution in [0.15, 0.2) is 0 Å². The standard InChI is InChI=1S/C8H18Si/c1-9(2,3)8-6-4-5-7-8/h8H,4-7H2,1-3H3. The van der Waals surface area contributed by atoms with Crippen molar-refractivity contribution in [2.75, 3.05) is 0 Å². The molecule has 0 spiro atoms. The number of hydrogen-bond donors (Lipinski definition) is 0. The first-order valence-corrected chi connectivity index (χ1v) is 7.68. The van der Waals surface area contributed by atoms with Crippen LogP contribution in [-0.2, 0) is 0 Å². The smallest absolute Gasteiger partial charge is 0.0473 e. The maximum atomic E-state index is 2.50. The minimum atomic E-state index is -0.724. The van der Waals surface area contributed by atoms with Crippen molar-refractivity contribution in [1.29, 1.82) is 0 Å². The lowest BCUT2D eigenvalue weighted by Gasteiger charge is -2.23. The molecule has 0 bridgehead atoms.